The number of rotatable bonds is 3. The van der Waals surface area contributed by atoms with Gasteiger partial charge in [0, 0.05) is 55.4 Å². The predicted molar refractivity (Wildman–Crippen MR) is 101 cm³/mol. The van der Waals surface area contributed by atoms with Crippen LogP contribution >= 0.6 is 0 Å². The van der Waals surface area contributed by atoms with Gasteiger partial charge in [-0.15, -0.1) is 0 Å². The first kappa shape index (κ1) is 17.6. The lowest BCUT2D eigenvalue weighted by molar-refractivity contribution is -0.139. The minimum absolute atomic E-state index is 0.112. The van der Waals surface area contributed by atoms with Crippen molar-refractivity contribution >= 4 is 11.8 Å². The minimum Gasteiger partial charge on any atom is -0.349 e. The van der Waals surface area contributed by atoms with Crippen LogP contribution in [0.25, 0.3) is 0 Å². The molecule has 1 unspecified atom stereocenters. The van der Waals surface area contributed by atoms with Gasteiger partial charge in [-0.25, -0.2) is 0 Å². The molecule has 0 aromatic carbocycles. The van der Waals surface area contributed by atoms with Gasteiger partial charge in [0.15, 0.2) is 0 Å². The van der Waals surface area contributed by atoms with Crippen molar-refractivity contribution in [3.05, 3.63) is 23.0 Å². The lowest BCUT2D eigenvalue weighted by Gasteiger charge is -2.48. The van der Waals surface area contributed by atoms with E-state index in [0.717, 1.165) is 75.2 Å². The van der Waals surface area contributed by atoms with Gasteiger partial charge in [0.2, 0.25) is 5.91 Å². The van der Waals surface area contributed by atoms with Crippen molar-refractivity contribution in [3.63, 3.8) is 0 Å². The van der Waals surface area contributed by atoms with E-state index in [2.05, 4.69) is 35.1 Å². The van der Waals surface area contributed by atoms with E-state index in [1.54, 1.807) is 0 Å². The van der Waals surface area contributed by atoms with E-state index in [0.29, 0.717) is 18.4 Å². The molecule has 26 heavy (non-hydrogen) atoms. The molecule has 4 rings (SSSR count). The van der Waals surface area contributed by atoms with E-state index >= 15 is 0 Å². The number of likely N-dealkylation sites (tertiary alicyclic amines) is 2. The third-order valence-electron chi connectivity index (χ3n) is 6.75. The second-order valence-electron chi connectivity index (χ2n) is 8.61. The Morgan fingerprint density at radius 3 is 2.65 bits per heavy atom. The fourth-order valence-electron chi connectivity index (χ4n) is 5.15. The van der Waals surface area contributed by atoms with Crippen LogP contribution in [0.5, 0.6) is 0 Å². The molecule has 1 aromatic heterocycles. The first-order chi connectivity index (χ1) is 12.4. The first-order valence-electron chi connectivity index (χ1n) is 10.2. The SMILES string of the molecule is CCn1c(C)cc(C(=O)N2CCCC3(CCC(=O)N(C4CC4)C3)C2)c1C. The molecule has 0 N–H and O–H groups in total. The van der Waals surface area contributed by atoms with Crippen LogP contribution in [0.1, 0.15) is 67.2 Å². The number of aromatic nitrogens is 1. The normalized spacial score (nSPS) is 26.7. The minimum atomic E-state index is 0.112. The van der Waals surface area contributed by atoms with Crippen molar-refractivity contribution in [2.45, 2.75) is 71.9 Å². The second-order valence-corrected chi connectivity index (χ2v) is 8.61. The number of hydrogen-bond donors (Lipinski definition) is 0. The molecule has 2 saturated heterocycles. The van der Waals surface area contributed by atoms with E-state index in [1.165, 1.54) is 0 Å². The van der Waals surface area contributed by atoms with Crippen LogP contribution in [0.3, 0.4) is 0 Å². The van der Waals surface area contributed by atoms with Gasteiger partial charge in [-0.05, 0) is 58.9 Å². The molecule has 1 aromatic rings. The summed E-state index contributed by atoms with van der Waals surface area (Å²) in [5, 5.41) is 0. The van der Waals surface area contributed by atoms with Crippen LogP contribution in [0.2, 0.25) is 0 Å². The molecule has 3 heterocycles. The standard InChI is InChI=1S/C21H31N3O2/c1-4-23-15(2)12-18(16(23)3)20(26)22-11-5-9-21(13-22)10-8-19(25)24(14-21)17-6-7-17/h12,17H,4-11,13-14H2,1-3H3. The van der Waals surface area contributed by atoms with Crippen molar-refractivity contribution in [1.29, 1.82) is 0 Å². The summed E-state index contributed by atoms with van der Waals surface area (Å²) in [4.78, 5) is 29.7. The number of carbonyl (C=O) groups excluding carboxylic acids is 2. The van der Waals surface area contributed by atoms with Gasteiger partial charge < -0.3 is 14.4 Å². The summed E-state index contributed by atoms with van der Waals surface area (Å²) in [5.74, 6) is 0.500. The Morgan fingerprint density at radius 2 is 2.00 bits per heavy atom. The molecule has 0 bridgehead atoms. The highest BCUT2D eigenvalue weighted by Gasteiger charge is 2.46. The molecular weight excluding hydrogens is 326 g/mol. The van der Waals surface area contributed by atoms with Crippen LogP contribution in [0.4, 0.5) is 0 Å². The van der Waals surface area contributed by atoms with Gasteiger partial charge in [0.25, 0.3) is 5.91 Å². The lowest BCUT2D eigenvalue weighted by atomic mass is 9.73. The van der Waals surface area contributed by atoms with Crippen molar-refractivity contribution in [2.24, 2.45) is 5.41 Å². The van der Waals surface area contributed by atoms with E-state index in [4.69, 9.17) is 0 Å². The Morgan fingerprint density at radius 1 is 1.23 bits per heavy atom. The zero-order valence-corrected chi connectivity index (χ0v) is 16.4. The topological polar surface area (TPSA) is 45.6 Å². The molecule has 3 aliphatic rings. The average Bonchev–Trinajstić information content (AvgIpc) is 3.43. The van der Waals surface area contributed by atoms with Crippen molar-refractivity contribution in [3.8, 4) is 0 Å². The summed E-state index contributed by atoms with van der Waals surface area (Å²) in [6, 6.07) is 2.53. The largest absolute Gasteiger partial charge is 0.349 e. The maximum atomic E-state index is 13.3. The maximum Gasteiger partial charge on any atom is 0.255 e. The quantitative estimate of drug-likeness (QED) is 0.834. The third-order valence-corrected chi connectivity index (χ3v) is 6.75. The maximum absolute atomic E-state index is 13.3. The molecule has 5 nitrogen and oxygen atoms in total. The van der Waals surface area contributed by atoms with E-state index in [-0.39, 0.29) is 11.3 Å². The Bertz CT molecular complexity index is 734. The average molecular weight is 357 g/mol. The molecule has 142 valence electrons. The van der Waals surface area contributed by atoms with Crippen LogP contribution in [0.15, 0.2) is 6.07 Å². The number of aryl methyl sites for hydroxylation is 1. The van der Waals surface area contributed by atoms with Gasteiger partial charge in [-0.3, -0.25) is 9.59 Å². The zero-order valence-electron chi connectivity index (χ0n) is 16.4. The Kier molecular flexibility index (Phi) is 4.36. The van der Waals surface area contributed by atoms with Crippen molar-refractivity contribution in [1.82, 2.24) is 14.4 Å². The van der Waals surface area contributed by atoms with E-state index in [1.807, 2.05) is 6.07 Å². The molecule has 1 saturated carbocycles. The second kappa shape index (κ2) is 6.43. The number of nitrogens with zero attached hydrogens (tertiary/aromatic N) is 3. The highest BCUT2D eigenvalue weighted by Crippen LogP contribution is 2.42. The van der Waals surface area contributed by atoms with E-state index < -0.39 is 0 Å². The van der Waals surface area contributed by atoms with Gasteiger partial charge in [-0.2, -0.15) is 0 Å². The number of carbonyl (C=O) groups is 2. The summed E-state index contributed by atoms with van der Waals surface area (Å²) in [5.41, 5.74) is 3.20. The van der Waals surface area contributed by atoms with Gasteiger partial charge in [0.1, 0.15) is 0 Å². The third kappa shape index (κ3) is 2.95. The Balaban J connectivity index is 1.53. The van der Waals surface area contributed by atoms with Gasteiger partial charge in [0.05, 0.1) is 5.56 Å². The van der Waals surface area contributed by atoms with Crippen LogP contribution in [0, 0.1) is 19.3 Å². The van der Waals surface area contributed by atoms with E-state index in [9.17, 15) is 9.59 Å². The van der Waals surface area contributed by atoms with Crippen molar-refractivity contribution in [2.75, 3.05) is 19.6 Å². The monoisotopic (exact) mass is 357 g/mol. The summed E-state index contributed by atoms with van der Waals surface area (Å²) in [6.45, 7) is 9.64. The molecule has 1 spiro atoms. The molecule has 5 heteroatoms. The Labute approximate surface area is 156 Å². The molecular formula is C21H31N3O2. The lowest BCUT2D eigenvalue weighted by Crippen LogP contribution is -2.55. The number of amides is 2. The molecule has 0 radical (unpaired) electrons. The Hall–Kier alpha value is -1.78. The zero-order chi connectivity index (χ0) is 18.5. The molecule has 1 atom stereocenters. The molecule has 1 aliphatic carbocycles. The summed E-state index contributed by atoms with van der Waals surface area (Å²) in [7, 11) is 0. The number of piperidine rings is 2. The molecule has 2 aliphatic heterocycles. The first-order valence-corrected chi connectivity index (χ1v) is 10.2. The van der Waals surface area contributed by atoms with Crippen LogP contribution in [-0.4, -0.2) is 51.9 Å². The van der Waals surface area contributed by atoms with Gasteiger partial charge in [-0.1, -0.05) is 0 Å². The van der Waals surface area contributed by atoms with Gasteiger partial charge >= 0.3 is 0 Å². The summed E-state index contributed by atoms with van der Waals surface area (Å²) < 4.78 is 2.21. The fraction of sp³-hybridized carbons (Fsp3) is 0.714. The summed E-state index contributed by atoms with van der Waals surface area (Å²) in [6.07, 6.45) is 6.10. The fourth-order valence-corrected chi connectivity index (χ4v) is 5.15. The smallest absolute Gasteiger partial charge is 0.255 e. The predicted octanol–water partition coefficient (Wildman–Crippen LogP) is 3.13. The summed E-state index contributed by atoms with van der Waals surface area (Å²) >= 11 is 0. The highest BCUT2D eigenvalue weighted by atomic mass is 16.2. The number of hydrogen-bond acceptors (Lipinski definition) is 2. The molecule has 2 amide bonds. The van der Waals surface area contributed by atoms with Crippen LogP contribution < -0.4 is 0 Å². The molecule has 3 fully saturated rings. The highest BCUT2D eigenvalue weighted by molar-refractivity contribution is 5.96. The van der Waals surface area contributed by atoms with Crippen LogP contribution in [-0.2, 0) is 11.3 Å². The van der Waals surface area contributed by atoms with Crippen molar-refractivity contribution < 1.29 is 9.59 Å².